The number of benzene rings is 5. The zero-order valence-electron chi connectivity index (χ0n) is 25.9. The Balaban J connectivity index is 1.46. The third-order valence-corrected chi connectivity index (χ3v) is 10.1. The summed E-state index contributed by atoms with van der Waals surface area (Å²) in [5, 5.41) is 16.3. The number of aryl methyl sites for hydroxylation is 1. The fraction of sp³-hybridized carbons (Fsp3) is 0.125. The first kappa shape index (κ1) is 28.8. The molecule has 0 saturated heterocycles. The van der Waals surface area contributed by atoms with Crippen molar-refractivity contribution < 1.29 is 5.11 Å². The monoisotopic (exact) mass is 605 g/mol. The third kappa shape index (κ3) is 5.34. The van der Waals surface area contributed by atoms with Crippen molar-refractivity contribution in [1.82, 2.24) is 9.55 Å². The minimum Gasteiger partial charge on any atom is -0.507 e. The summed E-state index contributed by atoms with van der Waals surface area (Å²) in [7, 11) is -0.567. The van der Waals surface area contributed by atoms with Crippen LogP contribution in [0, 0.1) is 6.92 Å². The van der Waals surface area contributed by atoms with Gasteiger partial charge in [0.05, 0.1) is 16.0 Å². The average Bonchev–Trinajstić information content (AvgIpc) is 3.45. The number of imidazole rings is 1. The van der Waals surface area contributed by atoms with E-state index in [4.69, 9.17) is 9.98 Å². The minimum atomic E-state index is -0.567. The summed E-state index contributed by atoms with van der Waals surface area (Å²) in [4.78, 5) is 11.3. The van der Waals surface area contributed by atoms with Crippen molar-refractivity contribution in [3.8, 4) is 22.6 Å². The van der Waals surface area contributed by atoms with Crippen LogP contribution in [0.1, 0.15) is 37.5 Å². The largest absolute Gasteiger partial charge is 0.507 e. The highest BCUT2D eigenvalue weighted by molar-refractivity contribution is 8.18. The molecule has 0 aliphatic carbocycles. The molecule has 0 saturated carbocycles. The van der Waals surface area contributed by atoms with Gasteiger partial charge in [-0.2, -0.15) is 0 Å². The van der Waals surface area contributed by atoms with Crippen molar-refractivity contribution in [3.63, 3.8) is 0 Å². The first-order valence-electron chi connectivity index (χ1n) is 15.2. The second kappa shape index (κ2) is 11.5. The fourth-order valence-corrected chi connectivity index (χ4v) is 7.55. The molecule has 0 bridgehead atoms. The summed E-state index contributed by atoms with van der Waals surface area (Å²) >= 11 is 0. The lowest BCUT2D eigenvalue weighted by atomic mass is 9.86. The fourth-order valence-electron chi connectivity index (χ4n) is 5.87. The normalized spacial score (nSPS) is 15.1. The van der Waals surface area contributed by atoms with Crippen LogP contribution in [0.4, 0.5) is 0 Å². The molecule has 0 radical (unpaired) electrons. The highest BCUT2D eigenvalue weighted by Gasteiger charge is 2.21. The second-order valence-electron chi connectivity index (χ2n) is 12.4. The first-order chi connectivity index (χ1) is 21.8. The summed E-state index contributed by atoms with van der Waals surface area (Å²) in [6.07, 6.45) is 7.92. The lowest BCUT2D eigenvalue weighted by Gasteiger charge is -2.19. The number of allylic oxidation sites excluding steroid dienone is 2. The quantitative estimate of drug-likeness (QED) is 0.161. The molecular formula is C40H35N3OS. The molecule has 1 aliphatic heterocycles. The Bertz CT molecular complexity index is 2210. The number of aromatic hydroxyl groups is 1. The van der Waals surface area contributed by atoms with Crippen molar-refractivity contribution in [2.24, 2.45) is 4.99 Å². The number of phenolic OH excluding ortho intramolecular Hbond substituents is 1. The Morgan fingerprint density at radius 1 is 0.800 bits per heavy atom. The van der Waals surface area contributed by atoms with Gasteiger partial charge in [0.25, 0.3) is 0 Å². The van der Waals surface area contributed by atoms with Gasteiger partial charge in [-0.3, -0.25) is 4.57 Å². The van der Waals surface area contributed by atoms with E-state index in [0.29, 0.717) is 5.56 Å². The van der Waals surface area contributed by atoms with Gasteiger partial charge < -0.3 is 5.11 Å². The van der Waals surface area contributed by atoms with Crippen LogP contribution >= 0.6 is 10.5 Å². The van der Waals surface area contributed by atoms with Gasteiger partial charge in [0.15, 0.2) is 5.16 Å². The van der Waals surface area contributed by atoms with E-state index in [-0.39, 0.29) is 11.2 Å². The molecule has 0 fully saturated rings. The van der Waals surface area contributed by atoms with Gasteiger partial charge in [-0.15, -0.1) is 0 Å². The highest BCUT2D eigenvalue weighted by Crippen LogP contribution is 2.41. The van der Waals surface area contributed by atoms with Gasteiger partial charge in [0.2, 0.25) is 0 Å². The lowest BCUT2D eigenvalue weighted by molar-refractivity contribution is 0.473. The molecule has 0 spiro atoms. The van der Waals surface area contributed by atoms with Gasteiger partial charge in [-0.25, -0.2) is 9.98 Å². The lowest BCUT2D eigenvalue weighted by Crippen LogP contribution is -2.11. The summed E-state index contributed by atoms with van der Waals surface area (Å²) < 4.78 is 2.27. The van der Waals surface area contributed by atoms with E-state index in [1.54, 1.807) is 12.3 Å². The number of rotatable bonds is 4. The van der Waals surface area contributed by atoms with E-state index < -0.39 is 10.5 Å². The number of fused-ring (bicyclic) bond motifs is 2. The molecular weight excluding hydrogens is 571 g/mol. The number of aromatic nitrogens is 2. The Morgan fingerprint density at radius 2 is 1.58 bits per heavy atom. The van der Waals surface area contributed by atoms with E-state index in [1.807, 2.05) is 30.4 Å². The maximum atomic E-state index is 10.7. The van der Waals surface area contributed by atoms with Crippen molar-refractivity contribution >= 4 is 43.5 Å². The molecule has 0 amide bonds. The van der Waals surface area contributed by atoms with Crippen LogP contribution in [-0.4, -0.2) is 25.9 Å². The number of para-hydroxylation sites is 2. The molecule has 222 valence electrons. The van der Waals surface area contributed by atoms with Gasteiger partial charge in [0, 0.05) is 23.0 Å². The smallest absolute Gasteiger partial charge is 0.174 e. The van der Waals surface area contributed by atoms with Crippen molar-refractivity contribution in [3.05, 3.63) is 143 Å². The van der Waals surface area contributed by atoms with Crippen LogP contribution in [0.25, 0.3) is 38.6 Å². The Morgan fingerprint density at radius 3 is 2.38 bits per heavy atom. The molecule has 1 aliphatic rings. The zero-order valence-corrected chi connectivity index (χ0v) is 26.7. The predicted octanol–water partition coefficient (Wildman–Crippen LogP) is 10.1. The summed E-state index contributed by atoms with van der Waals surface area (Å²) in [5.74, 6) is 0.217. The number of hydrogen-bond donors (Lipinski definition) is 1. The zero-order chi connectivity index (χ0) is 31.1. The average molecular weight is 606 g/mol. The van der Waals surface area contributed by atoms with E-state index in [2.05, 4.69) is 123 Å². The molecule has 2 heterocycles. The van der Waals surface area contributed by atoms with Crippen LogP contribution in [0.5, 0.6) is 5.75 Å². The molecule has 1 atom stereocenters. The molecule has 1 unspecified atom stereocenters. The van der Waals surface area contributed by atoms with E-state index >= 15 is 0 Å². The van der Waals surface area contributed by atoms with Gasteiger partial charge in [-0.05, 0) is 81.6 Å². The van der Waals surface area contributed by atoms with Crippen LogP contribution in [-0.2, 0) is 5.41 Å². The highest BCUT2D eigenvalue weighted by atomic mass is 32.2. The van der Waals surface area contributed by atoms with Crippen molar-refractivity contribution in [2.75, 3.05) is 0 Å². The predicted molar refractivity (Wildman–Crippen MR) is 192 cm³/mol. The Hall–Kier alpha value is -5.00. The molecule has 1 N–H and O–H groups in total. The second-order valence-corrected chi connectivity index (χ2v) is 14.1. The number of aliphatic imine (C=N–C) groups is 1. The number of nitrogens with zero attached hydrogens (tertiary/aromatic N) is 3. The van der Waals surface area contributed by atoms with Gasteiger partial charge >= 0.3 is 0 Å². The number of hydrogen-bond acceptors (Lipinski definition) is 3. The Kier molecular flexibility index (Phi) is 7.34. The number of phenols is 1. The third-order valence-electron chi connectivity index (χ3n) is 8.31. The van der Waals surface area contributed by atoms with Crippen LogP contribution < -0.4 is 0 Å². The molecule has 1 aromatic heterocycles. The molecule has 5 aromatic carbocycles. The van der Waals surface area contributed by atoms with Crippen LogP contribution in [0.15, 0.2) is 137 Å². The standard InChI is InChI=1S/C40H35N3OS/c1-27-20-22-33(32-16-9-8-15-31(27)32)34-17-12-18-35-38(34)42-39(43(35)30-13-6-5-7-14-30)45-24-11-10-19-37(45)41-26-28-25-29(40(2,3)4)21-23-36(28)44/h5-26,44H,1-4H3. The molecule has 45 heavy (non-hydrogen) atoms. The van der Waals surface area contributed by atoms with Crippen molar-refractivity contribution in [2.45, 2.75) is 38.3 Å². The summed E-state index contributed by atoms with van der Waals surface area (Å²) in [5.41, 5.74) is 8.40. The van der Waals surface area contributed by atoms with Crippen molar-refractivity contribution in [1.29, 1.82) is 0 Å². The summed E-state index contributed by atoms with van der Waals surface area (Å²) in [6, 6.07) is 35.7. The SMILES string of the molecule is Cc1ccc(-c2cccc3c2nc(S2=C(N=Cc4cc(C(C)(C)C)ccc4O)C=CC=C2)n3-c2ccccc2)c2ccccc12. The van der Waals surface area contributed by atoms with Gasteiger partial charge in [0.1, 0.15) is 5.75 Å². The van der Waals surface area contributed by atoms with Crippen LogP contribution in [0.2, 0.25) is 0 Å². The first-order valence-corrected chi connectivity index (χ1v) is 16.5. The summed E-state index contributed by atoms with van der Waals surface area (Å²) in [6.45, 7) is 8.67. The van der Waals surface area contributed by atoms with E-state index in [0.717, 1.165) is 38.0 Å². The van der Waals surface area contributed by atoms with E-state index in [1.165, 1.54) is 21.9 Å². The molecule has 4 nitrogen and oxygen atoms in total. The molecule has 6 aromatic rings. The minimum absolute atomic E-state index is 0.0395. The van der Waals surface area contributed by atoms with Crippen LogP contribution in [0.3, 0.4) is 0 Å². The maximum absolute atomic E-state index is 10.7. The topological polar surface area (TPSA) is 50.4 Å². The van der Waals surface area contributed by atoms with Gasteiger partial charge in [-0.1, -0.05) is 116 Å². The molecule has 7 rings (SSSR count). The van der Waals surface area contributed by atoms with E-state index in [9.17, 15) is 5.11 Å². The Labute approximate surface area is 266 Å². The maximum Gasteiger partial charge on any atom is 0.174 e. The molecule has 5 heteroatoms.